The minimum Gasteiger partial charge on any atom is -0.480 e. The number of carbonyl (C=O) groups is 3. The number of aromatic nitrogens is 1. The molecule has 0 aromatic carbocycles. The summed E-state index contributed by atoms with van der Waals surface area (Å²) in [6.45, 7) is 0.802. The second kappa shape index (κ2) is 7.24. The first-order valence-corrected chi connectivity index (χ1v) is 5.76. The fourth-order valence-electron chi connectivity index (χ4n) is 1.49. The van der Waals surface area contributed by atoms with Gasteiger partial charge in [0, 0.05) is 19.0 Å². The minimum atomic E-state index is -1.15. The van der Waals surface area contributed by atoms with Crippen LogP contribution in [0, 0.1) is 6.92 Å². The Balaban J connectivity index is 2.43. The van der Waals surface area contributed by atoms with Gasteiger partial charge in [-0.05, 0) is 6.92 Å². The molecule has 9 heteroatoms. The highest BCUT2D eigenvalue weighted by Crippen LogP contribution is 2.07. The van der Waals surface area contributed by atoms with Crippen molar-refractivity contribution in [2.45, 2.75) is 13.3 Å². The van der Waals surface area contributed by atoms with Crippen LogP contribution in [0.3, 0.4) is 0 Å². The highest BCUT2D eigenvalue weighted by atomic mass is 16.5. The predicted molar refractivity (Wildman–Crippen MR) is 66.2 cm³/mol. The van der Waals surface area contributed by atoms with E-state index in [4.69, 9.17) is 14.7 Å². The summed E-state index contributed by atoms with van der Waals surface area (Å²) in [5, 5.41) is 23.3. The van der Waals surface area contributed by atoms with Gasteiger partial charge in [0.25, 0.3) is 0 Å². The van der Waals surface area contributed by atoms with Crippen LogP contribution in [-0.4, -0.2) is 57.7 Å². The lowest BCUT2D eigenvalue weighted by Gasteiger charge is -2.17. The third-order valence-corrected chi connectivity index (χ3v) is 2.27. The summed E-state index contributed by atoms with van der Waals surface area (Å²) in [4.78, 5) is 33.9. The van der Waals surface area contributed by atoms with Crippen LogP contribution in [0.2, 0.25) is 0 Å². The number of nitrogens with zero attached hydrogens (tertiary/aromatic N) is 2. The monoisotopic (exact) mass is 285 g/mol. The number of aliphatic carboxylic acids is 2. The van der Waals surface area contributed by atoms with Gasteiger partial charge in [0.1, 0.15) is 5.76 Å². The smallest absolute Gasteiger partial charge is 0.317 e. The zero-order valence-electron chi connectivity index (χ0n) is 10.8. The average Bonchev–Trinajstić information content (AvgIpc) is 2.70. The normalized spacial score (nSPS) is 10.5. The highest BCUT2D eigenvalue weighted by molar-refractivity contribution is 5.89. The molecule has 0 saturated heterocycles. The quantitative estimate of drug-likeness (QED) is 0.597. The van der Waals surface area contributed by atoms with E-state index in [-0.39, 0.29) is 18.8 Å². The summed E-state index contributed by atoms with van der Waals surface area (Å²) in [6.07, 6.45) is -0.0491. The van der Waals surface area contributed by atoms with Crippen molar-refractivity contribution in [2.24, 2.45) is 0 Å². The first kappa shape index (κ1) is 15.6. The van der Waals surface area contributed by atoms with Crippen LogP contribution in [-0.2, 0) is 14.4 Å². The first-order chi connectivity index (χ1) is 9.36. The Hall–Kier alpha value is -2.42. The largest absolute Gasteiger partial charge is 0.480 e. The highest BCUT2D eigenvalue weighted by Gasteiger charge is 2.15. The molecule has 0 radical (unpaired) electrons. The molecule has 3 N–H and O–H groups in total. The molecule has 20 heavy (non-hydrogen) atoms. The van der Waals surface area contributed by atoms with Gasteiger partial charge in [-0.3, -0.25) is 19.3 Å². The molecule has 1 heterocycles. The summed E-state index contributed by atoms with van der Waals surface area (Å²) >= 11 is 0. The van der Waals surface area contributed by atoms with E-state index in [1.165, 1.54) is 6.07 Å². The summed E-state index contributed by atoms with van der Waals surface area (Å²) in [7, 11) is 0. The molecule has 110 valence electrons. The molecule has 0 aliphatic heterocycles. The number of hydrogen-bond donors (Lipinski definition) is 3. The molecule has 0 bridgehead atoms. The lowest BCUT2D eigenvalue weighted by atomic mass is 10.3. The van der Waals surface area contributed by atoms with Crippen LogP contribution in [0.15, 0.2) is 10.6 Å². The van der Waals surface area contributed by atoms with Crippen LogP contribution in [0.25, 0.3) is 0 Å². The van der Waals surface area contributed by atoms with Crippen molar-refractivity contribution >= 4 is 23.7 Å². The molecule has 0 atom stereocenters. The first-order valence-electron chi connectivity index (χ1n) is 5.76. The number of carbonyl (C=O) groups excluding carboxylic acids is 1. The molecule has 1 rings (SSSR count). The van der Waals surface area contributed by atoms with Crippen LogP contribution < -0.4 is 5.32 Å². The number of carboxylic acids is 2. The molecule has 0 fully saturated rings. The van der Waals surface area contributed by atoms with Crippen LogP contribution in [0.4, 0.5) is 5.82 Å². The lowest BCUT2D eigenvalue weighted by molar-refractivity contribution is -0.142. The minimum absolute atomic E-state index is 0.0151. The van der Waals surface area contributed by atoms with Crippen molar-refractivity contribution < 1.29 is 29.1 Å². The van der Waals surface area contributed by atoms with E-state index in [9.17, 15) is 14.4 Å². The van der Waals surface area contributed by atoms with Gasteiger partial charge in [0.15, 0.2) is 5.82 Å². The predicted octanol–water partition coefficient (Wildman–Crippen LogP) is -0.217. The number of amides is 1. The van der Waals surface area contributed by atoms with E-state index in [1.807, 2.05) is 0 Å². The Labute approximate surface area is 114 Å². The average molecular weight is 285 g/mol. The molecular weight excluding hydrogens is 270 g/mol. The maximum absolute atomic E-state index is 11.6. The second-order valence-corrected chi connectivity index (χ2v) is 4.12. The molecule has 9 nitrogen and oxygen atoms in total. The van der Waals surface area contributed by atoms with Gasteiger partial charge in [-0.2, -0.15) is 0 Å². The fourth-order valence-corrected chi connectivity index (χ4v) is 1.49. The number of rotatable bonds is 8. The molecule has 0 spiro atoms. The maximum Gasteiger partial charge on any atom is 0.317 e. The van der Waals surface area contributed by atoms with Gasteiger partial charge >= 0.3 is 11.9 Å². The van der Waals surface area contributed by atoms with Crippen LogP contribution in [0.5, 0.6) is 0 Å². The van der Waals surface area contributed by atoms with Gasteiger partial charge in [-0.1, -0.05) is 5.16 Å². The second-order valence-electron chi connectivity index (χ2n) is 4.12. The molecule has 1 aromatic rings. The number of anilines is 1. The van der Waals surface area contributed by atoms with Crippen molar-refractivity contribution in [3.05, 3.63) is 11.8 Å². The van der Waals surface area contributed by atoms with Gasteiger partial charge in [0.05, 0.1) is 13.1 Å². The topological polar surface area (TPSA) is 133 Å². The zero-order valence-corrected chi connectivity index (χ0v) is 10.8. The van der Waals surface area contributed by atoms with E-state index in [0.717, 1.165) is 4.90 Å². The SMILES string of the molecule is Cc1cc(NC(=O)CCN(CC(=O)O)CC(=O)O)no1. The number of carboxylic acid groups (broad SMARTS) is 2. The number of hydrogen-bond acceptors (Lipinski definition) is 6. The Morgan fingerprint density at radius 2 is 1.90 bits per heavy atom. The molecule has 1 aromatic heterocycles. The molecule has 0 unspecified atom stereocenters. The molecule has 0 saturated carbocycles. The third-order valence-electron chi connectivity index (χ3n) is 2.27. The Morgan fingerprint density at radius 1 is 1.30 bits per heavy atom. The van der Waals surface area contributed by atoms with Crippen LogP contribution >= 0.6 is 0 Å². The molecule has 1 amide bonds. The summed E-state index contributed by atoms with van der Waals surface area (Å²) < 4.78 is 4.77. The number of nitrogens with one attached hydrogen (secondary N) is 1. The summed E-state index contributed by atoms with van der Waals surface area (Å²) in [5.74, 6) is -1.91. The maximum atomic E-state index is 11.6. The Kier molecular flexibility index (Phi) is 5.66. The zero-order chi connectivity index (χ0) is 15.1. The Morgan fingerprint density at radius 3 is 2.35 bits per heavy atom. The van der Waals surface area contributed by atoms with E-state index in [0.29, 0.717) is 5.76 Å². The molecular formula is C11H15N3O6. The van der Waals surface area contributed by atoms with E-state index in [2.05, 4.69) is 10.5 Å². The van der Waals surface area contributed by atoms with Crippen molar-refractivity contribution in [3.63, 3.8) is 0 Å². The van der Waals surface area contributed by atoms with E-state index in [1.54, 1.807) is 6.92 Å². The van der Waals surface area contributed by atoms with Crippen molar-refractivity contribution in [1.82, 2.24) is 10.1 Å². The summed E-state index contributed by atoms with van der Waals surface area (Å²) in [5.41, 5.74) is 0. The van der Waals surface area contributed by atoms with Crippen molar-refractivity contribution in [1.29, 1.82) is 0 Å². The van der Waals surface area contributed by atoms with E-state index < -0.39 is 30.9 Å². The standard InChI is InChI=1S/C11H15N3O6/c1-7-4-8(13-20-7)12-9(15)2-3-14(5-10(16)17)6-11(18)19/h4H,2-3,5-6H2,1H3,(H,16,17)(H,18,19)(H,12,13,15). The van der Waals surface area contributed by atoms with Gasteiger partial charge in [-0.15, -0.1) is 0 Å². The Bertz CT molecular complexity index is 482. The van der Waals surface area contributed by atoms with E-state index >= 15 is 0 Å². The van der Waals surface area contributed by atoms with Crippen molar-refractivity contribution in [2.75, 3.05) is 25.0 Å². The van der Waals surface area contributed by atoms with Gasteiger partial charge in [-0.25, -0.2) is 0 Å². The van der Waals surface area contributed by atoms with Gasteiger partial charge in [0.2, 0.25) is 5.91 Å². The molecule has 0 aliphatic rings. The third kappa shape index (κ3) is 5.96. The molecule has 0 aliphatic carbocycles. The summed E-state index contributed by atoms with van der Waals surface area (Å²) in [6, 6.07) is 1.53. The van der Waals surface area contributed by atoms with Crippen LogP contribution in [0.1, 0.15) is 12.2 Å². The lowest BCUT2D eigenvalue weighted by Crippen LogP contribution is -2.36. The van der Waals surface area contributed by atoms with Gasteiger partial charge < -0.3 is 20.1 Å². The fraction of sp³-hybridized carbons (Fsp3) is 0.455. The number of aryl methyl sites for hydroxylation is 1. The van der Waals surface area contributed by atoms with Crippen molar-refractivity contribution in [3.8, 4) is 0 Å².